The molecule has 2 aromatic carbocycles. The van der Waals surface area contributed by atoms with Crippen LogP contribution in [-0.4, -0.2) is 22.3 Å². The highest BCUT2D eigenvalue weighted by Gasteiger charge is 2.16. The number of aryl methyl sites for hydroxylation is 1. The minimum absolute atomic E-state index is 0.0883. The van der Waals surface area contributed by atoms with Gasteiger partial charge in [0.2, 0.25) is 0 Å². The molecule has 0 aliphatic heterocycles. The number of fused-ring (bicyclic) bond motifs is 1. The van der Waals surface area contributed by atoms with Crippen LogP contribution in [0.25, 0.3) is 21.3 Å². The van der Waals surface area contributed by atoms with Gasteiger partial charge in [0.1, 0.15) is 10.6 Å². The van der Waals surface area contributed by atoms with E-state index >= 15 is 0 Å². The average molecular weight is 395 g/mol. The lowest BCUT2D eigenvalue weighted by atomic mass is 10.0. The van der Waals surface area contributed by atoms with Gasteiger partial charge in [0, 0.05) is 16.2 Å². The maximum Gasteiger partial charge on any atom is 0.260 e. The van der Waals surface area contributed by atoms with Gasteiger partial charge in [-0.2, -0.15) is 0 Å². The Balaban J connectivity index is 1.53. The summed E-state index contributed by atoms with van der Waals surface area (Å²) in [4.78, 5) is 22.2. The van der Waals surface area contributed by atoms with Gasteiger partial charge in [0.05, 0.1) is 12.0 Å². The van der Waals surface area contributed by atoms with Crippen LogP contribution >= 0.6 is 23.1 Å². The first-order chi connectivity index (χ1) is 13.2. The van der Waals surface area contributed by atoms with Gasteiger partial charge in [-0.1, -0.05) is 60.3 Å². The first-order valence-electron chi connectivity index (χ1n) is 8.62. The van der Waals surface area contributed by atoms with Gasteiger partial charge >= 0.3 is 0 Å². The maximum absolute atomic E-state index is 12.7. The molecule has 0 aliphatic rings. The monoisotopic (exact) mass is 394 g/mol. The van der Waals surface area contributed by atoms with Gasteiger partial charge in [-0.05, 0) is 24.6 Å². The number of para-hydroxylation sites is 1. The third kappa shape index (κ3) is 3.91. The molecule has 2 heterocycles. The molecule has 6 heteroatoms. The van der Waals surface area contributed by atoms with Gasteiger partial charge in [-0.3, -0.25) is 4.79 Å². The van der Waals surface area contributed by atoms with Crippen LogP contribution in [-0.2, 0) is 0 Å². The minimum atomic E-state index is -0.0883. The second kappa shape index (κ2) is 7.98. The number of aromatic amines is 1. The molecule has 0 bridgehead atoms. The molecule has 0 saturated carbocycles. The normalized spacial score (nSPS) is 11.0. The number of hydrogen-bond acceptors (Lipinski definition) is 5. The Hall–Kier alpha value is -2.57. The summed E-state index contributed by atoms with van der Waals surface area (Å²) in [7, 11) is 0. The standard InChI is InChI=1S/C21H18N2O2S2/c1-14-17(15-8-4-2-5-9-15)18-19(24)22-21(23-20(18)27-14)26-13-12-25-16-10-6-3-7-11-16/h2-11H,12-13H2,1H3,(H,22,23,24). The Kier molecular flexibility index (Phi) is 5.27. The number of thiophene rings is 1. The lowest BCUT2D eigenvalue weighted by Gasteiger charge is -2.05. The second-order valence-corrected chi connectivity index (χ2v) is 8.25. The number of benzene rings is 2. The van der Waals surface area contributed by atoms with E-state index in [0.717, 1.165) is 26.6 Å². The van der Waals surface area contributed by atoms with Crippen LogP contribution in [0.5, 0.6) is 5.75 Å². The average Bonchev–Trinajstić information content (AvgIpc) is 3.03. The molecule has 0 amide bonds. The largest absolute Gasteiger partial charge is 0.493 e. The number of nitrogens with zero attached hydrogens (tertiary/aromatic N) is 1. The molecule has 0 aliphatic carbocycles. The van der Waals surface area contributed by atoms with Crippen molar-refractivity contribution in [3.63, 3.8) is 0 Å². The van der Waals surface area contributed by atoms with E-state index in [1.807, 2.05) is 67.6 Å². The second-order valence-electron chi connectivity index (χ2n) is 5.96. The van der Waals surface area contributed by atoms with Crippen molar-refractivity contribution in [3.05, 3.63) is 75.9 Å². The van der Waals surface area contributed by atoms with Crippen molar-refractivity contribution in [2.24, 2.45) is 0 Å². The number of nitrogens with one attached hydrogen (secondary N) is 1. The van der Waals surface area contributed by atoms with Gasteiger partial charge in [0.15, 0.2) is 5.16 Å². The topological polar surface area (TPSA) is 55.0 Å². The number of thioether (sulfide) groups is 1. The minimum Gasteiger partial charge on any atom is -0.493 e. The van der Waals surface area contributed by atoms with Crippen molar-refractivity contribution in [1.82, 2.24) is 9.97 Å². The molecular weight excluding hydrogens is 376 g/mol. The number of ether oxygens (including phenoxy) is 1. The van der Waals surface area contributed by atoms with Crippen molar-refractivity contribution in [2.75, 3.05) is 12.4 Å². The van der Waals surface area contributed by atoms with Gasteiger partial charge in [0.25, 0.3) is 5.56 Å². The predicted molar refractivity (Wildman–Crippen MR) is 113 cm³/mol. The summed E-state index contributed by atoms with van der Waals surface area (Å²) in [5.74, 6) is 1.55. The zero-order chi connectivity index (χ0) is 18.6. The summed E-state index contributed by atoms with van der Waals surface area (Å²) in [6, 6.07) is 19.7. The molecule has 0 atom stereocenters. The molecule has 4 aromatic rings. The molecule has 4 rings (SSSR count). The highest BCUT2D eigenvalue weighted by atomic mass is 32.2. The molecule has 0 fully saturated rings. The molecule has 27 heavy (non-hydrogen) atoms. The van der Waals surface area contributed by atoms with Crippen molar-refractivity contribution < 1.29 is 4.74 Å². The Morgan fingerprint density at radius 2 is 1.78 bits per heavy atom. The highest BCUT2D eigenvalue weighted by molar-refractivity contribution is 7.99. The molecular formula is C21H18N2O2S2. The van der Waals surface area contributed by atoms with Crippen LogP contribution in [0, 0.1) is 6.92 Å². The Bertz CT molecular complexity index is 1110. The predicted octanol–water partition coefficient (Wildman–Crippen LogP) is 5.13. The molecule has 136 valence electrons. The summed E-state index contributed by atoms with van der Waals surface area (Å²) >= 11 is 3.06. The number of rotatable bonds is 6. The summed E-state index contributed by atoms with van der Waals surface area (Å²) < 4.78 is 5.69. The van der Waals surface area contributed by atoms with Crippen molar-refractivity contribution in [1.29, 1.82) is 0 Å². The summed E-state index contributed by atoms with van der Waals surface area (Å²) in [5.41, 5.74) is 1.94. The van der Waals surface area contributed by atoms with Crippen molar-refractivity contribution >= 4 is 33.3 Å². The lowest BCUT2D eigenvalue weighted by molar-refractivity contribution is 0.344. The fourth-order valence-electron chi connectivity index (χ4n) is 2.93. The van der Waals surface area contributed by atoms with Crippen LogP contribution in [0.2, 0.25) is 0 Å². The van der Waals surface area contributed by atoms with E-state index in [1.165, 1.54) is 11.8 Å². The summed E-state index contributed by atoms with van der Waals surface area (Å²) in [6.45, 7) is 2.59. The quantitative estimate of drug-likeness (QED) is 0.280. The first-order valence-corrected chi connectivity index (χ1v) is 10.4. The fourth-order valence-corrected chi connectivity index (χ4v) is 4.72. The van der Waals surface area contributed by atoms with Crippen molar-refractivity contribution in [2.45, 2.75) is 12.1 Å². The maximum atomic E-state index is 12.7. The van der Waals surface area contributed by atoms with E-state index in [0.29, 0.717) is 22.9 Å². The third-order valence-electron chi connectivity index (χ3n) is 4.11. The third-order valence-corrected chi connectivity index (χ3v) is 5.95. The molecule has 0 saturated heterocycles. The van der Waals surface area contributed by atoms with Crippen LogP contribution in [0.15, 0.2) is 70.6 Å². The fraction of sp³-hybridized carbons (Fsp3) is 0.143. The molecule has 4 nitrogen and oxygen atoms in total. The van der Waals surface area contributed by atoms with Crippen LogP contribution in [0.3, 0.4) is 0 Å². The Morgan fingerprint density at radius 1 is 1.07 bits per heavy atom. The van der Waals surface area contributed by atoms with Gasteiger partial charge in [-0.15, -0.1) is 11.3 Å². The molecule has 0 spiro atoms. The van der Waals surface area contributed by atoms with Crippen LogP contribution < -0.4 is 10.3 Å². The van der Waals surface area contributed by atoms with Gasteiger partial charge in [-0.25, -0.2) is 4.98 Å². The van der Waals surface area contributed by atoms with Gasteiger partial charge < -0.3 is 9.72 Å². The van der Waals surface area contributed by atoms with Crippen LogP contribution in [0.4, 0.5) is 0 Å². The van der Waals surface area contributed by atoms with E-state index in [1.54, 1.807) is 11.3 Å². The van der Waals surface area contributed by atoms with E-state index in [-0.39, 0.29) is 5.56 Å². The molecule has 0 radical (unpaired) electrons. The highest BCUT2D eigenvalue weighted by Crippen LogP contribution is 2.35. The van der Waals surface area contributed by atoms with E-state index in [4.69, 9.17) is 4.74 Å². The zero-order valence-electron chi connectivity index (χ0n) is 14.8. The summed E-state index contributed by atoms with van der Waals surface area (Å²) in [6.07, 6.45) is 0. The molecule has 0 unspecified atom stereocenters. The van der Waals surface area contributed by atoms with Crippen LogP contribution in [0.1, 0.15) is 4.88 Å². The van der Waals surface area contributed by atoms with E-state index in [2.05, 4.69) is 9.97 Å². The Labute approximate surface area is 165 Å². The van der Waals surface area contributed by atoms with E-state index in [9.17, 15) is 4.79 Å². The summed E-state index contributed by atoms with van der Waals surface area (Å²) in [5, 5.41) is 1.30. The SMILES string of the molecule is Cc1sc2nc(SCCOc3ccccc3)[nH]c(=O)c2c1-c1ccccc1. The molecule has 2 aromatic heterocycles. The molecule has 1 N–H and O–H groups in total. The number of aromatic nitrogens is 2. The van der Waals surface area contributed by atoms with Crippen molar-refractivity contribution in [3.8, 4) is 16.9 Å². The van der Waals surface area contributed by atoms with E-state index < -0.39 is 0 Å². The lowest BCUT2D eigenvalue weighted by Crippen LogP contribution is -2.09. The smallest absolute Gasteiger partial charge is 0.260 e. The number of hydrogen-bond donors (Lipinski definition) is 1. The first kappa shape index (κ1) is 17.8. The Morgan fingerprint density at radius 3 is 2.52 bits per heavy atom. The zero-order valence-corrected chi connectivity index (χ0v) is 16.4. The number of H-pyrrole nitrogens is 1.